The van der Waals surface area contributed by atoms with Crippen molar-refractivity contribution >= 4 is 0 Å². The molecule has 3 N–H and O–H groups in total. The molecular formula is C15H22N2O. The fourth-order valence-electron chi connectivity index (χ4n) is 1.89. The average molecular weight is 246 g/mol. The summed E-state index contributed by atoms with van der Waals surface area (Å²) in [5, 5.41) is 9.03. The number of aliphatic hydroxyl groups is 1. The SMILES string of the molecule is CCCN(CCO)Cc1cccc(C#CCN)c1. The summed E-state index contributed by atoms with van der Waals surface area (Å²) in [6.07, 6.45) is 1.09. The van der Waals surface area contributed by atoms with Gasteiger partial charge in [-0.1, -0.05) is 30.9 Å². The lowest BCUT2D eigenvalue weighted by atomic mass is 10.1. The molecule has 0 atom stereocenters. The number of hydrogen-bond acceptors (Lipinski definition) is 3. The lowest BCUT2D eigenvalue weighted by Gasteiger charge is -2.20. The Bertz CT molecular complexity index is 400. The zero-order valence-corrected chi connectivity index (χ0v) is 11.0. The minimum atomic E-state index is 0.201. The molecule has 1 aromatic rings. The molecule has 0 aliphatic carbocycles. The van der Waals surface area contributed by atoms with Crippen LogP contribution in [0.2, 0.25) is 0 Å². The minimum Gasteiger partial charge on any atom is -0.395 e. The minimum absolute atomic E-state index is 0.201. The summed E-state index contributed by atoms with van der Waals surface area (Å²) in [4.78, 5) is 2.25. The van der Waals surface area contributed by atoms with Crippen molar-refractivity contribution in [1.82, 2.24) is 4.90 Å². The second-order valence-corrected chi connectivity index (χ2v) is 4.21. The maximum absolute atomic E-state index is 9.03. The Morgan fingerprint density at radius 2 is 2.17 bits per heavy atom. The molecule has 0 aliphatic rings. The van der Waals surface area contributed by atoms with E-state index < -0.39 is 0 Å². The van der Waals surface area contributed by atoms with Crippen molar-refractivity contribution in [3.05, 3.63) is 35.4 Å². The molecule has 1 rings (SSSR count). The molecular weight excluding hydrogens is 224 g/mol. The van der Waals surface area contributed by atoms with Gasteiger partial charge in [-0.25, -0.2) is 0 Å². The van der Waals surface area contributed by atoms with Gasteiger partial charge < -0.3 is 10.8 Å². The van der Waals surface area contributed by atoms with E-state index in [1.165, 1.54) is 5.56 Å². The quantitative estimate of drug-likeness (QED) is 0.742. The van der Waals surface area contributed by atoms with Crippen molar-refractivity contribution in [2.45, 2.75) is 19.9 Å². The Morgan fingerprint density at radius 1 is 1.33 bits per heavy atom. The fourth-order valence-corrected chi connectivity index (χ4v) is 1.89. The Labute approximate surface area is 110 Å². The third-order valence-corrected chi connectivity index (χ3v) is 2.62. The summed E-state index contributed by atoms with van der Waals surface area (Å²) in [7, 11) is 0. The van der Waals surface area contributed by atoms with Crippen LogP contribution in [-0.4, -0.2) is 36.2 Å². The van der Waals surface area contributed by atoms with Crippen LogP contribution in [0.4, 0.5) is 0 Å². The summed E-state index contributed by atoms with van der Waals surface area (Å²) < 4.78 is 0. The zero-order valence-electron chi connectivity index (χ0n) is 11.0. The molecule has 0 aliphatic heterocycles. The van der Waals surface area contributed by atoms with Crippen molar-refractivity contribution < 1.29 is 5.11 Å². The van der Waals surface area contributed by atoms with E-state index in [1.54, 1.807) is 0 Å². The number of aliphatic hydroxyl groups excluding tert-OH is 1. The summed E-state index contributed by atoms with van der Waals surface area (Å²) >= 11 is 0. The second-order valence-electron chi connectivity index (χ2n) is 4.21. The number of nitrogens with zero attached hydrogens (tertiary/aromatic N) is 1. The average Bonchev–Trinajstić information content (AvgIpc) is 2.37. The van der Waals surface area contributed by atoms with Gasteiger partial charge in [0.15, 0.2) is 0 Å². The second kappa shape index (κ2) is 8.71. The Kier molecular flexibility index (Phi) is 7.12. The van der Waals surface area contributed by atoms with E-state index in [4.69, 9.17) is 10.8 Å². The van der Waals surface area contributed by atoms with E-state index in [-0.39, 0.29) is 6.61 Å². The molecule has 98 valence electrons. The molecule has 1 aromatic carbocycles. The normalized spacial score (nSPS) is 10.2. The van der Waals surface area contributed by atoms with Gasteiger partial charge >= 0.3 is 0 Å². The smallest absolute Gasteiger partial charge is 0.0558 e. The molecule has 18 heavy (non-hydrogen) atoms. The van der Waals surface area contributed by atoms with E-state index in [9.17, 15) is 0 Å². The van der Waals surface area contributed by atoms with Gasteiger partial charge in [0, 0.05) is 18.7 Å². The zero-order chi connectivity index (χ0) is 13.2. The molecule has 0 fully saturated rings. The summed E-state index contributed by atoms with van der Waals surface area (Å²) in [6.45, 7) is 5.30. The first-order valence-electron chi connectivity index (χ1n) is 6.41. The number of rotatable bonds is 6. The predicted octanol–water partition coefficient (Wildman–Crippen LogP) is 1.20. The van der Waals surface area contributed by atoms with Crippen LogP contribution < -0.4 is 5.73 Å². The maximum Gasteiger partial charge on any atom is 0.0558 e. The largest absolute Gasteiger partial charge is 0.395 e. The van der Waals surface area contributed by atoms with Crippen molar-refractivity contribution in [1.29, 1.82) is 0 Å². The molecule has 0 radical (unpaired) electrons. The number of benzene rings is 1. The van der Waals surface area contributed by atoms with Gasteiger partial charge in [0.25, 0.3) is 0 Å². The van der Waals surface area contributed by atoms with Crippen LogP contribution in [-0.2, 0) is 6.54 Å². The van der Waals surface area contributed by atoms with Crippen LogP contribution in [0.3, 0.4) is 0 Å². The predicted molar refractivity (Wildman–Crippen MR) is 75.0 cm³/mol. The van der Waals surface area contributed by atoms with Gasteiger partial charge in [-0.3, -0.25) is 4.90 Å². The summed E-state index contributed by atoms with van der Waals surface area (Å²) in [5.74, 6) is 5.90. The molecule has 0 amide bonds. The van der Waals surface area contributed by atoms with E-state index in [0.29, 0.717) is 13.1 Å². The van der Waals surface area contributed by atoms with Crippen molar-refractivity contribution in [3.63, 3.8) is 0 Å². The van der Waals surface area contributed by atoms with Gasteiger partial charge in [-0.2, -0.15) is 0 Å². The topological polar surface area (TPSA) is 49.5 Å². The summed E-state index contributed by atoms with van der Waals surface area (Å²) in [6, 6.07) is 8.18. The number of hydrogen-bond donors (Lipinski definition) is 2. The van der Waals surface area contributed by atoms with Crippen LogP contribution >= 0.6 is 0 Å². The van der Waals surface area contributed by atoms with Crippen LogP contribution in [0.15, 0.2) is 24.3 Å². The molecule has 0 spiro atoms. The molecule has 0 heterocycles. The van der Waals surface area contributed by atoms with Crippen molar-refractivity contribution in [3.8, 4) is 11.8 Å². The van der Waals surface area contributed by atoms with Crippen LogP contribution in [0.25, 0.3) is 0 Å². The third-order valence-electron chi connectivity index (χ3n) is 2.62. The molecule has 0 saturated carbocycles. The molecule has 3 heteroatoms. The molecule has 0 unspecified atom stereocenters. The Morgan fingerprint density at radius 3 is 2.83 bits per heavy atom. The van der Waals surface area contributed by atoms with Gasteiger partial charge in [-0.05, 0) is 30.7 Å². The van der Waals surface area contributed by atoms with Gasteiger partial charge in [-0.15, -0.1) is 0 Å². The van der Waals surface area contributed by atoms with E-state index in [2.05, 4.69) is 35.8 Å². The highest BCUT2D eigenvalue weighted by Gasteiger charge is 2.04. The van der Waals surface area contributed by atoms with E-state index >= 15 is 0 Å². The Hall–Kier alpha value is -1.34. The fraction of sp³-hybridized carbons (Fsp3) is 0.467. The standard InChI is InChI=1S/C15H22N2O/c1-2-9-17(10-11-18)13-15-6-3-5-14(12-15)7-4-8-16/h3,5-6,12,18H,2,8-11,13,16H2,1H3. The van der Waals surface area contributed by atoms with Gasteiger partial charge in [0.2, 0.25) is 0 Å². The van der Waals surface area contributed by atoms with Gasteiger partial charge in [0.05, 0.1) is 13.2 Å². The van der Waals surface area contributed by atoms with E-state index in [0.717, 1.165) is 25.1 Å². The van der Waals surface area contributed by atoms with Crippen LogP contribution in [0.1, 0.15) is 24.5 Å². The van der Waals surface area contributed by atoms with E-state index in [1.807, 2.05) is 12.1 Å². The van der Waals surface area contributed by atoms with Crippen LogP contribution in [0.5, 0.6) is 0 Å². The van der Waals surface area contributed by atoms with Crippen LogP contribution in [0, 0.1) is 11.8 Å². The highest BCUT2D eigenvalue weighted by atomic mass is 16.3. The molecule has 0 saturated heterocycles. The third kappa shape index (κ3) is 5.33. The first-order valence-corrected chi connectivity index (χ1v) is 6.41. The number of nitrogens with two attached hydrogens (primary N) is 1. The lowest BCUT2D eigenvalue weighted by Crippen LogP contribution is -2.27. The molecule has 0 aromatic heterocycles. The Balaban J connectivity index is 2.70. The molecule has 3 nitrogen and oxygen atoms in total. The first-order chi connectivity index (χ1) is 8.80. The summed E-state index contributed by atoms with van der Waals surface area (Å²) in [5.41, 5.74) is 7.59. The highest BCUT2D eigenvalue weighted by molar-refractivity contribution is 5.37. The highest BCUT2D eigenvalue weighted by Crippen LogP contribution is 2.08. The van der Waals surface area contributed by atoms with Crippen molar-refractivity contribution in [2.24, 2.45) is 5.73 Å². The maximum atomic E-state index is 9.03. The lowest BCUT2D eigenvalue weighted by molar-refractivity contribution is 0.190. The first kappa shape index (κ1) is 14.7. The van der Waals surface area contributed by atoms with Gasteiger partial charge in [0.1, 0.15) is 0 Å². The van der Waals surface area contributed by atoms with Crippen molar-refractivity contribution in [2.75, 3.05) is 26.2 Å². The monoisotopic (exact) mass is 246 g/mol. The molecule has 0 bridgehead atoms.